The number of hydrogen-bond acceptors (Lipinski definition) is 3. The van der Waals surface area contributed by atoms with E-state index in [0.29, 0.717) is 16.8 Å². The Kier molecular flexibility index (Phi) is 7.30. The normalized spacial score (nSPS) is 18.7. The van der Waals surface area contributed by atoms with E-state index in [1.807, 2.05) is 0 Å². The van der Waals surface area contributed by atoms with Crippen LogP contribution < -0.4 is 10.1 Å². The molecule has 0 aromatic heterocycles. The number of rotatable bonds is 7. The van der Waals surface area contributed by atoms with Crippen LogP contribution in [0.15, 0.2) is 22.7 Å². The van der Waals surface area contributed by atoms with Crippen molar-refractivity contribution in [3.8, 4) is 5.75 Å². The summed E-state index contributed by atoms with van der Waals surface area (Å²) >= 11 is 3.21. The van der Waals surface area contributed by atoms with Gasteiger partial charge in [0.05, 0.1) is 4.47 Å². The second kappa shape index (κ2) is 9.23. The van der Waals surface area contributed by atoms with Crippen LogP contribution in [-0.4, -0.2) is 43.6 Å². The van der Waals surface area contributed by atoms with Gasteiger partial charge in [-0.05, 0) is 72.4 Å². The molecule has 1 heterocycles. The molecule has 1 amide bonds. The summed E-state index contributed by atoms with van der Waals surface area (Å²) in [4.78, 5) is 14.2. The maximum atomic E-state index is 13.0. The average Bonchev–Trinajstić information content (AvgIpc) is 2.51. The third kappa shape index (κ3) is 6.47. The van der Waals surface area contributed by atoms with Crippen LogP contribution >= 0.6 is 15.9 Å². The summed E-state index contributed by atoms with van der Waals surface area (Å²) < 4.78 is 18.8. The molecule has 4 nitrogen and oxygen atoms in total. The van der Waals surface area contributed by atoms with Gasteiger partial charge >= 0.3 is 0 Å². The molecule has 1 aromatic carbocycles. The van der Waals surface area contributed by atoms with E-state index in [0.717, 1.165) is 25.4 Å². The van der Waals surface area contributed by atoms with Crippen LogP contribution in [0, 0.1) is 11.7 Å². The number of piperidine rings is 1. The number of ether oxygens (including phenoxy) is 1. The van der Waals surface area contributed by atoms with E-state index in [2.05, 4.69) is 33.1 Å². The second-order valence-corrected chi connectivity index (χ2v) is 6.97. The third-order valence-corrected chi connectivity index (χ3v) is 4.59. The molecule has 0 spiro atoms. The molecule has 0 saturated carbocycles. The van der Waals surface area contributed by atoms with Crippen molar-refractivity contribution in [1.29, 1.82) is 0 Å². The van der Waals surface area contributed by atoms with Crippen molar-refractivity contribution in [2.45, 2.75) is 26.2 Å². The smallest absolute Gasteiger partial charge is 0.257 e. The zero-order chi connectivity index (χ0) is 16.7. The summed E-state index contributed by atoms with van der Waals surface area (Å²) in [6, 6.07) is 4.12. The Morgan fingerprint density at radius 2 is 2.35 bits per heavy atom. The Morgan fingerprint density at radius 3 is 3.09 bits per heavy atom. The van der Waals surface area contributed by atoms with Crippen molar-refractivity contribution < 1.29 is 13.9 Å². The molecule has 128 valence electrons. The monoisotopic (exact) mass is 386 g/mol. The van der Waals surface area contributed by atoms with Gasteiger partial charge in [0.2, 0.25) is 0 Å². The Hall–Kier alpha value is -1.14. The fraction of sp³-hybridized carbons (Fsp3) is 0.588. The minimum Gasteiger partial charge on any atom is -0.483 e. The molecule has 1 unspecified atom stereocenters. The molecular formula is C17H24BrFN2O2. The van der Waals surface area contributed by atoms with Crippen molar-refractivity contribution >= 4 is 21.8 Å². The highest BCUT2D eigenvalue weighted by Gasteiger charge is 2.15. The molecule has 0 bridgehead atoms. The molecule has 23 heavy (non-hydrogen) atoms. The van der Waals surface area contributed by atoms with Crippen LogP contribution in [0.5, 0.6) is 5.75 Å². The van der Waals surface area contributed by atoms with Gasteiger partial charge in [0.1, 0.15) is 11.6 Å². The summed E-state index contributed by atoms with van der Waals surface area (Å²) in [5.41, 5.74) is 0. The van der Waals surface area contributed by atoms with Gasteiger partial charge in [-0.25, -0.2) is 4.39 Å². The van der Waals surface area contributed by atoms with Gasteiger partial charge < -0.3 is 15.0 Å². The zero-order valence-corrected chi connectivity index (χ0v) is 15.1. The Morgan fingerprint density at radius 1 is 1.52 bits per heavy atom. The molecule has 1 aliphatic heterocycles. The predicted molar refractivity (Wildman–Crippen MR) is 92.1 cm³/mol. The third-order valence-electron chi connectivity index (χ3n) is 3.97. The van der Waals surface area contributed by atoms with Gasteiger partial charge in [-0.15, -0.1) is 0 Å². The molecule has 0 radical (unpaired) electrons. The summed E-state index contributed by atoms with van der Waals surface area (Å²) in [6.45, 7) is 6.23. The van der Waals surface area contributed by atoms with Gasteiger partial charge in [-0.1, -0.05) is 6.92 Å². The van der Waals surface area contributed by atoms with E-state index in [4.69, 9.17) is 4.74 Å². The maximum absolute atomic E-state index is 13.0. The van der Waals surface area contributed by atoms with Gasteiger partial charge in [-0.3, -0.25) is 4.79 Å². The Balaban J connectivity index is 1.60. The highest BCUT2D eigenvalue weighted by molar-refractivity contribution is 9.10. The molecule has 1 atom stereocenters. The first-order valence-electron chi connectivity index (χ1n) is 8.11. The largest absolute Gasteiger partial charge is 0.483 e. The van der Waals surface area contributed by atoms with E-state index in [1.165, 1.54) is 37.6 Å². The first-order valence-corrected chi connectivity index (χ1v) is 8.91. The molecule has 1 saturated heterocycles. The van der Waals surface area contributed by atoms with Crippen molar-refractivity contribution in [3.05, 3.63) is 28.5 Å². The molecule has 1 fully saturated rings. The fourth-order valence-electron chi connectivity index (χ4n) is 2.81. The number of carbonyl (C=O) groups excluding carboxylic acids is 1. The molecule has 1 aliphatic rings. The lowest BCUT2D eigenvalue weighted by molar-refractivity contribution is -0.123. The Bertz CT molecular complexity index is 527. The van der Waals surface area contributed by atoms with Gasteiger partial charge in [0, 0.05) is 13.1 Å². The zero-order valence-electron chi connectivity index (χ0n) is 13.5. The summed E-state index contributed by atoms with van der Waals surface area (Å²) in [5.74, 6) is 0.735. The standard InChI is InChI=1S/C17H24BrFN2O2/c1-13-4-2-8-21(11-13)9-3-7-20-17(22)12-23-16-6-5-14(19)10-15(16)18/h5-6,10,13H,2-4,7-9,11-12H2,1H3,(H,20,22). The first kappa shape index (κ1) is 18.2. The highest BCUT2D eigenvalue weighted by atomic mass is 79.9. The van der Waals surface area contributed by atoms with Crippen LogP contribution in [0.3, 0.4) is 0 Å². The number of nitrogens with zero attached hydrogens (tertiary/aromatic N) is 1. The lowest BCUT2D eigenvalue weighted by Gasteiger charge is -2.30. The van der Waals surface area contributed by atoms with E-state index in [1.54, 1.807) is 0 Å². The summed E-state index contributed by atoms with van der Waals surface area (Å²) in [5, 5.41) is 2.85. The molecule has 2 rings (SSSR count). The van der Waals surface area contributed by atoms with Crippen LogP contribution in [0.1, 0.15) is 26.2 Å². The lowest BCUT2D eigenvalue weighted by Crippen LogP contribution is -2.37. The quantitative estimate of drug-likeness (QED) is 0.731. The minimum atomic E-state index is -0.347. The molecule has 1 N–H and O–H groups in total. The molecule has 6 heteroatoms. The number of likely N-dealkylation sites (tertiary alicyclic amines) is 1. The maximum Gasteiger partial charge on any atom is 0.257 e. The number of carbonyl (C=O) groups is 1. The number of nitrogens with one attached hydrogen (secondary N) is 1. The van der Waals surface area contributed by atoms with Crippen molar-refractivity contribution in [3.63, 3.8) is 0 Å². The molecule has 0 aliphatic carbocycles. The number of halogens is 2. The average molecular weight is 387 g/mol. The minimum absolute atomic E-state index is 0.0645. The molecular weight excluding hydrogens is 363 g/mol. The summed E-state index contributed by atoms with van der Waals surface area (Å²) in [6.07, 6.45) is 3.54. The topological polar surface area (TPSA) is 41.6 Å². The number of benzene rings is 1. The van der Waals surface area contributed by atoms with Crippen molar-refractivity contribution in [2.75, 3.05) is 32.8 Å². The van der Waals surface area contributed by atoms with Crippen molar-refractivity contribution in [2.24, 2.45) is 5.92 Å². The van der Waals surface area contributed by atoms with E-state index >= 15 is 0 Å². The SMILES string of the molecule is CC1CCCN(CCCNC(=O)COc2ccc(F)cc2Br)C1. The second-order valence-electron chi connectivity index (χ2n) is 6.11. The van der Waals surface area contributed by atoms with Crippen molar-refractivity contribution in [1.82, 2.24) is 10.2 Å². The molecule has 1 aromatic rings. The van der Waals surface area contributed by atoms with Gasteiger partial charge in [-0.2, -0.15) is 0 Å². The van der Waals surface area contributed by atoms with E-state index < -0.39 is 0 Å². The van der Waals surface area contributed by atoms with Crippen LogP contribution in [-0.2, 0) is 4.79 Å². The Labute approximate surface area is 145 Å². The number of amides is 1. The van der Waals surface area contributed by atoms with Crippen LogP contribution in [0.2, 0.25) is 0 Å². The van der Waals surface area contributed by atoms with Gasteiger partial charge in [0.25, 0.3) is 5.91 Å². The van der Waals surface area contributed by atoms with Gasteiger partial charge in [0.15, 0.2) is 6.61 Å². The van der Waals surface area contributed by atoms with E-state index in [9.17, 15) is 9.18 Å². The fourth-order valence-corrected chi connectivity index (χ4v) is 3.27. The highest BCUT2D eigenvalue weighted by Crippen LogP contribution is 2.25. The van der Waals surface area contributed by atoms with Crippen LogP contribution in [0.25, 0.3) is 0 Å². The van der Waals surface area contributed by atoms with E-state index in [-0.39, 0.29) is 18.3 Å². The van der Waals surface area contributed by atoms with Crippen LogP contribution in [0.4, 0.5) is 4.39 Å². The lowest BCUT2D eigenvalue weighted by atomic mass is 10.0. The summed E-state index contributed by atoms with van der Waals surface area (Å²) in [7, 11) is 0. The predicted octanol–water partition coefficient (Wildman–Crippen LogP) is 3.21. The first-order chi connectivity index (χ1) is 11.0. The number of hydrogen-bond donors (Lipinski definition) is 1.